The zero-order chi connectivity index (χ0) is 13.6. The van der Waals surface area contributed by atoms with Crippen LogP contribution in [0, 0.1) is 5.92 Å². The summed E-state index contributed by atoms with van der Waals surface area (Å²) in [5.41, 5.74) is 1.22. The predicted octanol–water partition coefficient (Wildman–Crippen LogP) is 4.24. The molecule has 0 radical (unpaired) electrons. The standard InChI is InChI=1S/C15H23F2N/c1-12(10-15(3,16)17)9-13(2)18-11-14-7-5-4-6-8-14/h4-8,12-13,18H,9-11H2,1-3H3. The largest absolute Gasteiger partial charge is 0.310 e. The number of hydrogen-bond acceptors (Lipinski definition) is 1. The van der Waals surface area contributed by atoms with Crippen molar-refractivity contribution in [2.24, 2.45) is 5.92 Å². The summed E-state index contributed by atoms with van der Waals surface area (Å²) < 4.78 is 25.7. The molecule has 0 aliphatic carbocycles. The summed E-state index contributed by atoms with van der Waals surface area (Å²) in [6.45, 7) is 5.72. The van der Waals surface area contributed by atoms with Gasteiger partial charge < -0.3 is 5.32 Å². The second kappa shape index (κ2) is 6.83. The van der Waals surface area contributed by atoms with Crippen LogP contribution in [0.2, 0.25) is 0 Å². The van der Waals surface area contributed by atoms with Crippen molar-refractivity contribution in [2.45, 2.75) is 52.1 Å². The molecule has 0 saturated carbocycles. The fourth-order valence-electron chi connectivity index (χ4n) is 2.27. The van der Waals surface area contributed by atoms with Gasteiger partial charge in [0.2, 0.25) is 5.92 Å². The lowest BCUT2D eigenvalue weighted by Gasteiger charge is -2.21. The second-order valence-corrected chi connectivity index (χ2v) is 5.38. The Bertz CT molecular complexity index is 332. The van der Waals surface area contributed by atoms with Gasteiger partial charge in [0.25, 0.3) is 0 Å². The van der Waals surface area contributed by atoms with Crippen LogP contribution in [0.1, 0.15) is 39.2 Å². The van der Waals surface area contributed by atoms with E-state index >= 15 is 0 Å². The molecule has 0 fully saturated rings. The Kier molecular flexibility index (Phi) is 5.73. The Morgan fingerprint density at radius 1 is 1.17 bits per heavy atom. The molecule has 0 spiro atoms. The van der Waals surface area contributed by atoms with Gasteiger partial charge >= 0.3 is 0 Å². The molecule has 18 heavy (non-hydrogen) atoms. The minimum Gasteiger partial charge on any atom is -0.310 e. The van der Waals surface area contributed by atoms with Gasteiger partial charge in [-0.3, -0.25) is 0 Å². The van der Waals surface area contributed by atoms with Gasteiger partial charge in [-0.25, -0.2) is 8.78 Å². The van der Waals surface area contributed by atoms with Crippen LogP contribution in [-0.2, 0) is 6.54 Å². The average Bonchev–Trinajstić information content (AvgIpc) is 2.25. The Morgan fingerprint density at radius 2 is 1.78 bits per heavy atom. The van der Waals surface area contributed by atoms with E-state index in [9.17, 15) is 8.78 Å². The highest BCUT2D eigenvalue weighted by molar-refractivity contribution is 5.14. The maximum absolute atomic E-state index is 12.9. The van der Waals surface area contributed by atoms with Crippen LogP contribution in [0.3, 0.4) is 0 Å². The third kappa shape index (κ3) is 6.70. The minimum atomic E-state index is -2.56. The summed E-state index contributed by atoms with van der Waals surface area (Å²) in [6.07, 6.45) is 0.737. The Morgan fingerprint density at radius 3 is 2.33 bits per heavy atom. The Balaban J connectivity index is 2.27. The van der Waals surface area contributed by atoms with Crippen LogP contribution in [0.5, 0.6) is 0 Å². The van der Waals surface area contributed by atoms with Crippen molar-refractivity contribution in [2.75, 3.05) is 0 Å². The molecular weight excluding hydrogens is 232 g/mol. The topological polar surface area (TPSA) is 12.0 Å². The molecule has 1 nitrogen and oxygen atoms in total. The maximum atomic E-state index is 12.9. The third-order valence-corrected chi connectivity index (χ3v) is 2.96. The molecule has 0 amide bonds. The smallest absolute Gasteiger partial charge is 0.245 e. The molecule has 1 aromatic carbocycles. The van der Waals surface area contributed by atoms with Crippen LogP contribution in [0.25, 0.3) is 0 Å². The van der Waals surface area contributed by atoms with Crippen molar-refractivity contribution >= 4 is 0 Å². The first kappa shape index (κ1) is 15.1. The van der Waals surface area contributed by atoms with Crippen molar-refractivity contribution in [1.29, 1.82) is 0 Å². The Labute approximate surface area is 109 Å². The fraction of sp³-hybridized carbons (Fsp3) is 0.600. The van der Waals surface area contributed by atoms with Crippen molar-refractivity contribution in [3.05, 3.63) is 35.9 Å². The fourth-order valence-corrected chi connectivity index (χ4v) is 2.27. The number of nitrogens with one attached hydrogen (secondary N) is 1. The van der Waals surface area contributed by atoms with E-state index in [1.54, 1.807) is 0 Å². The van der Waals surface area contributed by atoms with E-state index in [2.05, 4.69) is 17.4 Å². The zero-order valence-electron chi connectivity index (χ0n) is 11.4. The van der Waals surface area contributed by atoms with Crippen LogP contribution < -0.4 is 5.32 Å². The highest BCUT2D eigenvalue weighted by Gasteiger charge is 2.25. The summed E-state index contributed by atoms with van der Waals surface area (Å²) in [7, 11) is 0. The van der Waals surface area contributed by atoms with Crippen LogP contribution >= 0.6 is 0 Å². The first-order valence-corrected chi connectivity index (χ1v) is 6.52. The van der Waals surface area contributed by atoms with Gasteiger partial charge in [-0.2, -0.15) is 0 Å². The molecule has 0 heterocycles. The van der Waals surface area contributed by atoms with Crippen molar-refractivity contribution in [1.82, 2.24) is 5.32 Å². The van der Waals surface area contributed by atoms with Gasteiger partial charge in [0.1, 0.15) is 0 Å². The molecule has 1 rings (SSSR count). The van der Waals surface area contributed by atoms with E-state index in [1.807, 2.05) is 32.0 Å². The number of hydrogen-bond donors (Lipinski definition) is 1. The summed E-state index contributed by atoms with van der Waals surface area (Å²) in [6, 6.07) is 10.4. The zero-order valence-corrected chi connectivity index (χ0v) is 11.4. The molecular formula is C15H23F2N. The van der Waals surface area contributed by atoms with E-state index in [0.717, 1.165) is 19.9 Å². The molecule has 0 aromatic heterocycles. The second-order valence-electron chi connectivity index (χ2n) is 5.38. The van der Waals surface area contributed by atoms with Gasteiger partial charge in [-0.05, 0) is 31.7 Å². The summed E-state index contributed by atoms with van der Waals surface area (Å²) >= 11 is 0. The van der Waals surface area contributed by atoms with Crippen LogP contribution in [0.15, 0.2) is 30.3 Å². The van der Waals surface area contributed by atoms with Crippen molar-refractivity contribution in [3.63, 3.8) is 0 Å². The third-order valence-electron chi connectivity index (χ3n) is 2.96. The normalized spacial score (nSPS) is 15.4. The number of benzene rings is 1. The molecule has 2 atom stereocenters. The predicted molar refractivity (Wildman–Crippen MR) is 71.8 cm³/mol. The Hall–Kier alpha value is -0.960. The lowest BCUT2D eigenvalue weighted by Crippen LogP contribution is -2.28. The van der Waals surface area contributed by atoms with Gasteiger partial charge in [0, 0.05) is 19.0 Å². The average molecular weight is 255 g/mol. The number of alkyl halides is 2. The quantitative estimate of drug-likeness (QED) is 0.768. The molecule has 102 valence electrons. The molecule has 1 aromatic rings. The lowest BCUT2D eigenvalue weighted by molar-refractivity contribution is -0.00318. The van der Waals surface area contributed by atoms with Gasteiger partial charge in [-0.15, -0.1) is 0 Å². The highest BCUT2D eigenvalue weighted by Crippen LogP contribution is 2.25. The van der Waals surface area contributed by atoms with Gasteiger partial charge in [0.15, 0.2) is 0 Å². The summed E-state index contributed by atoms with van der Waals surface area (Å²) in [5.74, 6) is -2.53. The van der Waals surface area contributed by atoms with Crippen molar-refractivity contribution in [3.8, 4) is 0 Å². The van der Waals surface area contributed by atoms with Crippen LogP contribution in [-0.4, -0.2) is 12.0 Å². The van der Waals surface area contributed by atoms with E-state index in [1.165, 1.54) is 5.56 Å². The highest BCUT2D eigenvalue weighted by atomic mass is 19.3. The van der Waals surface area contributed by atoms with Crippen molar-refractivity contribution < 1.29 is 8.78 Å². The summed E-state index contributed by atoms with van der Waals surface area (Å²) in [5, 5.41) is 3.37. The van der Waals surface area contributed by atoms with E-state index in [-0.39, 0.29) is 18.4 Å². The molecule has 0 aliphatic rings. The van der Waals surface area contributed by atoms with Gasteiger partial charge in [0.05, 0.1) is 0 Å². The minimum absolute atomic E-state index is 0.0308. The first-order valence-electron chi connectivity index (χ1n) is 6.52. The van der Waals surface area contributed by atoms with E-state index in [4.69, 9.17) is 0 Å². The van der Waals surface area contributed by atoms with Gasteiger partial charge in [-0.1, -0.05) is 37.3 Å². The molecule has 3 heteroatoms. The molecule has 2 unspecified atom stereocenters. The molecule has 0 aliphatic heterocycles. The number of halogens is 2. The first-order chi connectivity index (χ1) is 8.37. The van der Waals surface area contributed by atoms with Crippen LogP contribution in [0.4, 0.5) is 8.78 Å². The lowest BCUT2D eigenvalue weighted by atomic mass is 9.96. The number of rotatable bonds is 7. The molecule has 1 N–H and O–H groups in total. The SMILES string of the molecule is CC(CC(C)NCc1ccccc1)CC(C)(F)F. The van der Waals surface area contributed by atoms with E-state index < -0.39 is 5.92 Å². The molecule has 0 saturated heterocycles. The monoisotopic (exact) mass is 255 g/mol. The summed E-state index contributed by atoms with van der Waals surface area (Å²) in [4.78, 5) is 0. The maximum Gasteiger partial charge on any atom is 0.245 e. The van der Waals surface area contributed by atoms with E-state index in [0.29, 0.717) is 0 Å². The molecule has 0 bridgehead atoms.